The van der Waals surface area contributed by atoms with E-state index >= 15 is 0 Å². The highest BCUT2D eigenvalue weighted by Gasteiger charge is 2.19. The highest BCUT2D eigenvalue weighted by Crippen LogP contribution is 2.21. The van der Waals surface area contributed by atoms with Gasteiger partial charge in [0.1, 0.15) is 0 Å². The molecule has 0 heterocycles. The van der Waals surface area contributed by atoms with E-state index in [9.17, 15) is 0 Å². The molecule has 0 aliphatic rings. The summed E-state index contributed by atoms with van der Waals surface area (Å²) in [6, 6.07) is 10.6. The van der Waals surface area contributed by atoms with Gasteiger partial charge in [-0.25, -0.2) is 0 Å². The second-order valence-electron chi connectivity index (χ2n) is 4.47. The quantitative estimate of drug-likeness (QED) is 0.579. The van der Waals surface area contributed by atoms with Gasteiger partial charge in [0.2, 0.25) is 0 Å². The van der Waals surface area contributed by atoms with Crippen molar-refractivity contribution >= 4 is 11.6 Å². The summed E-state index contributed by atoms with van der Waals surface area (Å²) in [5.41, 5.74) is 1.57. The Labute approximate surface area is 97.8 Å². The lowest BCUT2D eigenvalue weighted by atomic mass is 9.84. The lowest BCUT2D eigenvalue weighted by Crippen LogP contribution is -2.33. The molecular formula is C13H20ClN. The van der Waals surface area contributed by atoms with Crippen LogP contribution in [0.2, 0.25) is 0 Å². The summed E-state index contributed by atoms with van der Waals surface area (Å²) in [6.45, 7) is 6.51. The monoisotopic (exact) mass is 225 g/mol. The minimum Gasteiger partial charge on any atom is -0.316 e. The Morgan fingerprint density at radius 1 is 1.20 bits per heavy atom. The van der Waals surface area contributed by atoms with Crippen LogP contribution in [0.15, 0.2) is 30.3 Å². The highest BCUT2D eigenvalue weighted by molar-refractivity contribution is 6.17. The van der Waals surface area contributed by atoms with Gasteiger partial charge in [-0.3, -0.25) is 0 Å². The summed E-state index contributed by atoms with van der Waals surface area (Å²) in [7, 11) is 0. The minimum atomic E-state index is 0.188. The molecule has 84 valence electrons. The lowest BCUT2D eigenvalue weighted by molar-refractivity contribution is 0.470. The molecule has 0 spiro atoms. The molecule has 0 aromatic heterocycles. The Morgan fingerprint density at radius 3 is 2.47 bits per heavy atom. The maximum absolute atomic E-state index is 5.63. The summed E-state index contributed by atoms with van der Waals surface area (Å²) < 4.78 is 0. The van der Waals surface area contributed by atoms with Crippen molar-refractivity contribution in [3.8, 4) is 0 Å². The molecule has 1 aromatic rings. The van der Waals surface area contributed by atoms with E-state index in [2.05, 4.69) is 49.5 Å². The van der Waals surface area contributed by atoms with Gasteiger partial charge in [0.25, 0.3) is 0 Å². The van der Waals surface area contributed by atoms with Crippen LogP contribution >= 0.6 is 11.6 Å². The molecule has 0 amide bonds. The Kier molecular flexibility index (Phi) is 5.13. The zero-order valence-electron chi connectivity index (χ0n) is 9.59. The third kappa shape index (κ3) is 4.23. The van der Waals surface area contributed by atoms with E-state index in [4.69, 9.17) is 11.6 Å². The number of rotatable bonds is 6. The molecule has 0 aliphatic carbocycles. The van der Waals surface area contributed by atoms with E-state index in [1.54, 1.807) is 0 Å². The third-order valence-corrected chi connectivity index (χ3v) is 2.88. The molecule has 0 saturated carbocycles. The number of halogens is 1. The summed E-state index contributed by atoms with van der Waals surface area (Å²) in [5.74, 6) is 0.735. The van der Waals surface area contributed by atoms with Crippen molar-refractivity contribution < 1.29 is 0 Å². The molecule has 1 nitrogen and oxygen atoms in total. The normalized spacial score (nSPS) is 11.7. The topological polar surface area (TPSA) is 12.0 Å². The molecule has 0 fully saturated rings. The molecule has 0 saturated heterocycles. The molecule has 1 aromatic carbocycles. The molecule has 2 heteroatoms. The fourth-order valence-electron chi connectivity index (χ4n) is 1.58. The molecule has 0 atom stereocenters. The summed E-state index contributed by atoms with van der Waals surface area (Å²) >= 11 is 5.63. The van der Waals surface area contributed by atoms with Gasteiger partial charge in [-0.1, -0.05) is 44.2 Å². The first-order valence-corrected chi connectivity index (χ1v) is 6.02. The van der Waals surface area contributed by atoms with E-state index in [1.165, 1.54) is 5.56 Å². The molecular weight excluding hydrogens is 206 g/mol. The molecule has 0 radical (unpaired) electrons. The van der Waals surface area contributed by atoms with Gasteiger partial charge in [0, 0.05) is 17.8 Å². The van der Waals surface area contributed by atoms with Crippen molar-refractivity contribution in [1.82, 2.24) is 5.32 Å². The van der Waals surface area contributed by atoms with Crippen molar-refractivity contribution in [1.29, 1.82) is 0 Å². The Balaban J connectivity index is 2.45. The fraction of sp³-hybridized carbons (Fsp3) is 0.538. The minimum absolute atomic E-state index is 0.188. The first-order chi connectivity index (χ1) is 7.17. The number of hydrogen-bond acceptors (Lipinski definition) is 1. The molecule has 0 bridgehead atoms. The van der Waals surface area contributed by atoms with Crippen molar-refractivity contribution in [3.05, 3.63) is 35.9 Å². The van der Waals surface area contributed by atoms with Crippen molar-refractivity contribution in [2.75, 3.05) is 19.0 Å². The van der Waals surface area contributed by atoms with Crippen LogP contribution in [0.3, 0.4) is 0 Å². The van der Waals surface area contributed by atoms with Gasteiger partial charge in [-0.15, -0.1) is 11.6 Å². The SMILES string of the molecule is CC(C)(CNCCCCl)c1ccccc1. The average Bonchev–Trinajstić information content (AvgIpc) is 2.26. The van der Waals surface area contributed by atoms with E-state index in [0.29, 0.717) is 0 Å². The van der Waals surface area contributed by atoms with Gasteiger partial charge < -0.3 is 5.32 Å². The van der Waals surface area contributed by atoms with Gasteiger partial charge in [0.15, 0.2) is 0 Å². The van der Waals surface area contributed by atoms with E-state index in [1.807, 2.05) is 0 Å². The molecule has 1 N–H and O–H groups in total. The number of benzene rings is 1. The average molecular weight is 226 g/mol. The van der Waals surface area contributed by atoms with Gasteiger partial charge in [0.05, 0.1) is 0 Å². The predicted molar refractivity (Wildman–Crippen MR) is 67.7 cm³/mol. The second kappa shape index (κ2) is 6.14. The summed E-state index contributed by atoms with van der Waals surface area (Å²) in [5, 5.41) is 3.44. The van der Waals surface area contributed by atoms with Gasteiger partial charge >= 0.3 is 0 Å². The Hall–Kier alpha value is -0.530. The molecule has 0 aliphatic heterocycles. The van der Waals surface area contributed by atoms with Crippen molar-refractivity contribution in [2.24, 2.45) is 0 Å². The van der Waals surface area contributed by atoms with Crippen LogP contribution < -0.4 is 5.32 Å². The van der Waals surface area contributed by atoms with Crippen LogP contribution in [0.4, 0.5) is 0 Å². The smallest absolute Gasteiger partial charge is 0.0235 e. The Bertz CT molecular complexity index is 269. The van der Waals surface area contributed by atoms with Gasteiger partial charge in [-0.05, 0) is 18.5 Å². The number of hydrogen-bond donors (Lipinski definition) is 1. The fourth-order valence-corrected chi connectivity index (χ4v) is 1.72. The molecule has 0 unspecified atom stereocenters. The van der Waals surface area contributed by atoms with Crippen molar-refractivity contribution in [2.45, 2.75) is 25.7 Å². The van der Waals surface area contributed by atoms with Crippen LogP contribution in [-0.4, -0.2) is 19.0 Å². The number of alkyl halides is 1. The largest absolute Gasteiger partial charge is 0.316 e. The first-order valence-electron chi connectivity index (χ1n) is 5.49. The zero-order valence-corrected chi connectivity index (χ0v) is 10.3. The van der Waals surface area contributed by atoms with E-state index in [0.717, 1.165) is 25.4 Å². The maximum atomic E-state index is 5.63. The van der Waals surface area contributed by atoms with Crippen LogP contribution in [0, 0.1) is 0 Å². The van der Waals surface area contributed by atoms with Gasteiger partial charge in [-0.2, -0.15) is 0 Å². The predicted octanol–water partition coefficient (Wildman–Crippen LogP) is 3.18. The zero-order chi connectivity index (χ0) is 11.1. The highest BCUT2D eigenvalue weighted by atomic mass is 35.5. The van der Waals surface area contributed by atoms with Crippen LogP contribution in [0.5, 0.6) is 0 Å². The maximum Gasteiger partial charge on any atom is 0.0235 e. The number of nitrogens with one attached hydrogen (secondary N) is 1. The summed E-state index contributed by atoms with van der Waals surface area (Å²) in [4.78, 5) is 0. The molecule has 1 rings (SSSR count). The first kappa shape index (κ1) is 12.5. The molecule has 15 heavy (non-hydrogen) atoms. The van der Waals surface area contributed by atoms with E-state index in [-0.39, 0.29) is 5.41 Å². The van der Waals surface area contributed by atoms with E-state index < -0.39 is 0 Å². The third-order valence-electron chi connectivity index (χ3n) is 2.61. The van der Waals surface area contributed by atoms with Crippen LogP contribution in [-0.2, 0) is 5.41 Å². The standard InChI is InChI=1S/C13H20ClN/c1-13(2,11-15-10-6-9-14)12-7-4-3-5-8-12/h3-5,7-8,15H,6,9-11H2,1-2H3. The summed E-state index contributed by atoms with van der Waals surface area (Å²) in [6.07, 6.45) is 1.03. The van der Waals surface area contributed by atoms with Crippen molar-refractivity contribution in [3.63, 3.8) is 0 Å². The Morgan fingerprint density at radius 2 is 1.87 bits per heavy atom. The lowest BCUT2D eigenvalue weighted by Gasteiger charge is -2.25. The second-order valence-corrected chi connectivity index (χ2v) is 4.85. The van der Waals surface area contributed by atoms with Crippen LogP contribution in [0.1, 0.15) is 25.8 Å². The van der Waals surface area contributed by atoms with Crippen LogP contribution in [0.25, 0.3) is 0 Å².